The molecule has 5 nitrogen and oxygen atoms in total. The Morgan fingerprint density at radius 1 is 1.28 bits per heavy atom. The maximum Gasteiger partial charge on any atom is 0.410 e. The van der Waals surface area contributed by atoms with Crippen molar-refractivity contribution in [2.75, 3.05) is 6.54 Å². The Balaban J connectivity index is 1.76. The van der Waals surface area contributed by atoms with Gasteiger partial charge in [0.05, 0.1) is 11.6 Å². The van der Waals surface area contributed by atoms with Crippen LogP contribution in [0.5, 0.6) is 0 Å². The lowest BCUT2D eigenvalue weighted by Gasteiger charge is -2.34. The number of amides is 1. The summed E-state index contributed by atoms with van der Waals surface area (Å²) in [5.74, 6) is -2.07. The smallest absolute Gasteiger partial charge is 0.410 e. The molecule has 3 rings (SSSR count). The highest BCUT2D eigenvalue weighted by Crippen LogP contribution is 2.32. The van der Waals surface area contributed by atoms with Crippen molar-refractivity contribution in [1.29, 1.82) is 0 Å². The third-order valence-corrected chi connectivity index (χ3v) is 4.44. The second-order valence-electron chi connectivity index (χ2n) is 6.00. The molecule has 0 spiro atoms. The second kappa shape index (κ2) is 6.93. The minimum Gasteiger partial charge on any atom is -0.478 e. The van der Waals surface area contributed by atoms with E-state index in [2.05, 4.69) is 0 Å². The molecule has 0 aliphatic carbocycles. The van der Waals surface area contributed by atoms with Crippen molar-refractivity contribution in [3.05, 3.63) is 70.5 Å². The second-order valence-corrected chi connectivity index (χ2v) is 6.00. The highest BCUT2D eigenvalue weighted by Gasteiger charge is 2.30. The Hall–Kier alpha value is -2.89. The number of nitrogens with zero attached hydrogens (tertiary/aromatic N) is 1. The van der Waals surface area contributed by atoms with Crippen LogP contribution in [0.1, 0.15) is 40.0 Å². The lowest BCUT2D eigenvalue weighted by molar-refractivity contribution is 0.0691. The van der Waals surface area contributed by atoms with Crippen molar-refractivity contribution in [3.63, 3.8) is 0 Å². The zero-order chi connectivity index (χ0) is 18.0. The number of carbonyl (C=O) groups is 2. The van der Waals surface area contributed by atoms with E-state index in [0.29, 0.717) is 18.5 Å². The summed E-state index contributed by atoms with van der Waals surface area (Å²) >= 11 is 0. The largest absolute Gasteiger partial charge is 0.478 e. The predicted octanol–water partition coefficient (Wildman–Crippen LogP) is 3.78. The summed E-state index contributed by atoms with van der Waals surface area (Å²) in [5, 5.41) is 9.09. The molecule has 2 aromatic carbocycles. The van der Waals surface area contributed by atoms with Gasteiger partial charge < -0.3 is 14.7 Å². The van der Waals surface area contributed by atoms with Crippen molar-refractivity contribution in [2.45, 2.75) is 26.0 Å². The third kappa shape index (κ3) is 3.47. The fraction of sp³-hybridized carbons (Fsp3) is 0.263. The van der Waals surface area contributed by atoms with E-state index in [0.717, 1.165) is 11.1 Å². The van der Waals surface area contributed by atoms with E-state index in [1.807, 2.05) is 30.3 Å². The molecule has 1 unspecified atom stereocenters. The van der Waals surface area contributed by atoms with Crippen LogP contribution >= 0.6 is 0 Å². The first-order valence-electron chi connectivity index (χ1n) is 8.00. The fourth-order valence-corrected chi connectivity index (χ4v) is 3.05. The van der Waals surface area contributed by atoms with Gasteiger partial charge in [0.15, 0.2) is 0 Å². The van der Waals surface area contributed by atoms with Crippen molar-refractivity contribution >= 4 is 12.1 Å². The Kier molecular flexibility index (Phi) is 4.70. The van der Waals surface area contributed by atoms with Gasteiger partial charge in [-0.25, -0.2) is 14.0 Å². The number of benzene rings is 2. The average Bonchev–Trinajstić information content (AvgIpc) is 2.60. The number of carboxylic acid groups (broad SMARTS) is 1. The van der Waals surface area contributed by atoms with Crippen molar-refractivity contribution < 1.29 is 23.8 Å². The molecule has 0 saturated heterocycles. The van der Waals surface area contributed by atoms with E-state index in [1.54, 1.807) is 6.92 Å². The molecule has 0 bridgehead atoms. The number of hydrogen-bond acceptors (Lipinski definition) is 3. The molecule has 25 heavy (non-hydrogen) atoms. The number of carbonyl (C=O) groups excluding carboxylic acids is 1. The van der Waals surface area contributed by atoms with Gasteiger partial charge in [-0.05, 0) is 42.2 Å². The van der Waals surface area contributed by atoms with E-state index in [-0.39, 0.29) is 18.2 Å². The van der Waals surface area contributed by atoms with Crippen LogP contribution in [0.25, 0.3) is 0 Å². The van der Waals surface area contributed by atoms with Crippen LogP contribution in [-0.4, -0.2) is 28.6 Å². The summed E-state index contributed by atoms with van der Waals surface area (Å²) in [4.78, 5) is 25.1. The number of rotatable bonds is 3. The first-order chi connectivity index (χ1) is 12.0. The Morgan fingerprint density at radius 3 is 2.68 bits per heavy atom. The summed E-state index contributed by atoms with van der Waals surface area (Å²) in [7, 11) is 0. The van der Waals surface area contributed by atoms with Crippen LogP contribution in [0.3, 0.4) is 0 Å². The number of aromatic carboxylic acids is 1. The minimum atomic E-state index is -1.32. The first-order valence-corrected chi connectivity index (χ1v) is 8.00. The maximum atomic E-state index is 13.8. The molecular weight excluding hydrogens is 325 g/mol. The fourth-order valence-electron chi connectivity index (χ4n) is 3.05. The molecule has 130 valence electrons. The number of fused-ring (bicyclic) bond motifs is 1. The molecule has 1 amide bonds. The average molecular weight is 343 g/mol. The van der Waals surface area contributed by atoms with E-state index < -0.39 is 17.9 Å². The third-order valence-electron chi connectivity index (χ3n) is 4.44. The van der Waals surface area contributed by atoms with Crippen molar-refractivity contribution in [2.24, 2.45) is 0 Å². The highest BCUT2D eigenvalue weighted by molar-refractivity contribution is 5.88. The molecule has 1 heterocycles. The molecule has 6 heteroatoms. The Bertz CT molecular complexity index is 807. The summed E-state index contributed by atoms with van der Waals surface area (Å²) in [6.45, 7) is 2.35. The van der Waals surface area contributed by atoms with Crippen LogP contribution in [-0.2, 0) is 17.8 Å². The number of hydrogen-bond donors (Lipinski definition) is 1. The molecular formula is C19H18FNO4. The number of halogens is 1. The van der Waals surface area contributed by atoms with Gasteiger partial charge in [0, 0.05) is 6.54 Å². The van der Waals surface area contributed by atoms with E-state index in [9.17, 15) is 14.0 Å². The van der Waals surface area contributed by atoms with Gasteiger partial charge in [-0.2, -0.15) is 0 Å². The van der Waals surface area contributed by atoms with Gasteiger partial charge >= 0.3 is 12.1 Å². The van der Waals surface area contributed by atoms with Crippen LogP contribution in [0.15, 0.2) is 42.5 Å². The summed E-state index contributed by atoms with van der Waals surface area (Å²) in [6.07, 6.45) is -0.0140. The maximum absolute atomic E-state index is 13.8. The minimum absolute atomic E-state index is 0.166. The monoisotopic (exact) mass is 343 g/mol. The van der Waals surface area contributed by atoms with Crippen LogP contribution < -0.4 is 0 Å². The molecule has 1 atom stereocenters. The summed E-state index contributed by atoms with van der Waals surface area (Å²) in [5.41, 5.74) is 1.87. The van der Waals surface area contributed by atoms with Gasteiger partial charge in [0.2, 0.25) is 0 Å². The van der Waals surface area contributed by atoms with Crippen LogP contribution in [0.4, 0.5) is 9.18 Å². The zero-order valence-electron chi connectivity index (χ0n) is 13.7. The Morgan fingerprint density at radius 2 is 2.00 bits per heavy atom. The summed E-state index contributed by atoms with van der Waals surface area (Å²) < 4.78 is 19.2. The molecule has 1 aliphatic rings. The van der Waals surface area contributed by atoms with Crippen molar-refractivity contribution in [1.82, 2.24) is 4.90 Å². The standard InChI is InChI=1S/C19H18FNO4/c1-12-15-10-16(18(22)23)17(20)9-14(15)7-8-21(12)19(24)25-11-13-5-3-2-4-6-13/h2-6,9-10,12H,7-8,11H2,1H3,(H,22,23). The van der Waals surface area contributed by atoms with E-state index >= 15 is 0 Å². The molecule has 1 aliphatic heterocycles. The quantitative estimate of drug-likeness (QED) is 0.921. The van der Waals surface area contributed by atoms with E-state index in [1.165, 1.54) is 17.0 Å². The highest BCUT2D eigenvalue weighted by atomic mass is 19.1. The van der Waals surface area contributed by atoms with Gasteiger partial charge in [-0.3, -0.25) is 0 Å². The first kappa shape index (κ1) is 17.0. The summed E-state index contributed by atoms with van der Waals surface area (Å²) in [6, 6.07) is 11.5. The molecule has 2 aromatic rings. The number of ether oxygens (including phenoxy) is 1. The zero-order valence-corrected chi connectivity index (χ0v) is 13.7. The van der Waals surface area contributed by atoms with Gasteiger partial charge in [-0.1, -0.05) is 30.3 Å². The normalized spacial score (nSPS) is 16.2. The van der Waals surface area contributed by atoms with Crippen LogP contribution in [0, 0.1) is 5.82 Å². The lowest BCUT2D eigenvalue weighted by Crippen LogP contribution is -2.39. The lowest BCUT2D eigenvalue weighted by atomic mass is 9.91. The van der Waals surface area contributed by atoms with Gasteiger partial charge in [0.25, 0.3) is 0 Å². The van der Waals surface area contributed by atoms with Gasteiger partial charge in [-0.15, -0.1) is 0 Å². The SMILES string of the molecule is CC1c2cc(C(=O)O)c(F)cc2CCN1C(=O)OCc1ccccc1. The molecule has 1 N–H and O–H groups in total. The van der Waals surface area contributed by atoms with Crippen molar-refractivity contribution in [3.8, 4) is 0 Å². The predicted molar refractivity (Wildman–Crippen MR) is 88.8 cm³/mol. The molecule has 0 fully saturated rings. The topological polar surface area (TPSA) is 66.8 Å². The number of carboxylic acids is 1. The Labute approximate surface area is 144 Å². The molecule has 0 aromatic heterocycles. The molecule has 0 radical (unpaired) electrons. The van der Waals surface area contributed by atoms with E-state index in [4.69, 9.17) is 9.84 Å². The van der Waals surface area contributed by atoms with Gasteiger partial charge in [0.1, 0.15) is 12.4 Å². The molecule has 0 saturated carbocycles. The van der Waals surface area contributed by atoms with Crippen LogP contribution in [0.2, 0.25) is 0 Å².